The van der Waals surface area contributed by atoms with Crippen LogP contribution in [-0.2, 0) is 41.7 Å². The number of rotatable bonds is 3. The van der Waals surface area contributed by atoms with Gasteiger partial charge in [-0.25, -0.2) is 0 Å². The van der Waals surface area contributed by atoms with Gasteiger partial charge in [-0.05, 0) is 55.4 Å². The van der Waals surface area contributed by atoms with Crippen LogP contribution in [0.5, 0.6) is 0 Å². The zero-order chi connectivity index (χ0) is 40.0. The standard InChI is InChI=1S/C10H18O4.C9H15O5.C8H16O3.C6H12O5.Al.HI.H/c1-5-7(11)9-8(6(2)12-5)13-10(3,4)14-9;1-4-5(2)13-9(12)8(7(4)11)14-6(3)10;1-4-5(2)11-6(3)8(10)7(4)9;1-2-3(7)4(8)5(9)6(10)11-2;;;/h5-9,11H,1-4H3;4-5,7-9,11H,1-3H3;4-10H,1-3H3;2-10H,1H3;;1H;/q;-1;;;+2;;/p-1/t5?,6-,7-,8?,9-;4-,5?,7-,8?,9+;4-,5?,6-,7-,8?;2?,3-,4-,5?,6?;;;/m0000.../s1. The van der Waals surface area contributed by atoms with Crippen molar-refractivity contribution in [2.75, 3.05) is 0 Å². The number of halogens is 1. The molecule has 9 unspecified atom stereocenters. The zero-order valence-electron chi connectivity index (χ0n) is 31.9. The molecule has 0 spiro atoms. The Bertz CT molecular complexity index is 1020. The Hall–Kier alpha value is 0.132. The minimum atomic E-state index is -1.43. The van der Waals surface area contributed by atoms with Gasteiger partial charge in [0, 0.05) is 18.8 Å². The highest BCUT2D eigenvalue weighted by molar-refractivity contribution is 14.1. The second kappa shape index (κ2) is 21.1. The molecule has 306 valence electrons. The molecule has 0 aromatic rings. The van der Waals surface area contributed by atoms with E-state index in [1.54, 1.807) is 6.92 Å². The third kappa shape index (κ3) is 12.8. The van der Waals surface area contributed by atoms with Gasteiger partial charge in [0.2, 0.25) is 0 Å². The lowest BCUT2D eigenvalue weighted by molar-refractivity contribution is -0.277. The molecule has 5 aliphatic rings. The highest BCUT2D eigenvalue weighted by Gasteiger charge is 2.52. The molecule has 20 atom stereocenters. The van der Waals surface area contributed by atoms with Crippen LogP contribution in [0.4, 0.5) is 0 Å². The monoisotopic (exact) mass is 884 g/mol. The number of aliphatic hydroxyl groups is 8. The molecule has 0 aliphatic carbocycles. The van der Waals surface area contributed by atoms with Gasteiger partial charge in [-0.2, -0.15) is 20.3 Å². The van der Waals surface area contributed by atoms with E-state index in [0.29, 0.717) is 0 Å². The summed E-state index contributed by atoms with van der Waals surface area (Å²) in [7, 11) is 0. The molecule has 8 N–H and O–H groups in total. The summed E-state index contributed by atoms with van der Waals surface area (Å²) in [6.45, 7) is 19.6. The molecule has 5 aliphatic heterocycles. The van der Waals surface area contributed by atoms with Crippen molar-refractivity contribution < 1.29 is 82.6 Å². The van der Waals surface area contributed by atoms with Crippen molar-refractivity contribution in [3.8, 4) is 0 Å². The van der Waals surface area contributed by atoms with Gasteiger partial charge in [0.25, 0.3) is 0 Å². The second-order valence-electron chi connectivity index (χ2n) is 14.6. The predicted octanol–water partition coefficient (Wildman–Crippen LogP) is -0.990. The Morgan fingerprint density at radius 2 is 1.04 bits per heavy atom. The average Bonchev–Trinajstić information content (AvgIpc) is 3.41. The molecular weight excluding hydrogens is 822 g/mol. The van der Waals surface area contributed by atoms with Crippen LogP contribution in [0.3, 0.4) is 0 Å². The number of carbonyl (C=O) groups is 1. The van der Waals surface area contributed by atoms with Crippen LogP contribution in [-0.4, -0.2) is 175 Å². The van der Waals surface area contributed by atoms with Crippen LogP contribution < -0.4 is 0 Å². The minimum absolute atomic E-state index is 0.0150. The van der Waals surface area contributed by atoms with E-state index in [1.807, 2.05) is 55.4 Å². The number of fused-ring (bicyclic) bond motifs is 1. The van der Waals surface area contributed by atoms with Gasteiger partial charge in [-0.15, -0.1) is 0 Å². The van der Waals surface area contributed by atoms with Gasteiger partial charge in [0.05, 0.1) is 42.7 Å². The normalized spacial score (nSPS) is 48.2. The third-order valence-electron chi connectivity index (χ3n) is 10.0. The Labute approximate surface area is 323 Å². The fraction of sp³-hybridized carbons (Fsp3) is 0.970. The van der Waals surface area contributed by atoms with E-state index < -0.39 is 91.5 Å². The maximum atomic E-state index is 11.0. The molecule has 0 amide bonds. The summed E-state index contributed by atoms with van der Waals surface area (Å²) < 4.78 is 43.0. The molecular formula is C33H62AlIO17. The maximum Gasteiger partial charge on any atom is 0.527 e. The number of ether oxygens (including phenoxy) is 7. The Balaban J connectivity index is 0.000000243. The van der Waals surface area contributed by atoms with Gasteiger partial charge < -0.3 is 77.8 Å². The molecule has 0 bridgehead atoms. The molecule has 5 fully saturated rings. The van der Waals surface area contributed by atoms with Crippen LogP contribution in [0.2, 0.25) is 0 Å². The fourth-order valence-electron chi connectivity index (χ4n) is 6.31. The summed E-state index contributed by atoms with van der Waals surface area (Å²) in [5.41, 5.74) is 0. The number of hydrogen-bond acceptors (Lipinski definition) is 17. The molecule has 52 heavy (non-hydrogen) atoms. The van der Waals surface area contributed by atoms with E-state index in [9.17, 15) is 25.2 Å². The van der Waals surface area contributed by atoms with Gasteiger partial charge in [-0.1, -0.05) is 13.8 Å². The topological polar surface area (TPSA) is 253 Å². The smallest absolute Gasteiger partial charge is 0.470 e. The quantitative estimate of drug-likeness (QED) is 0.0963. The van der Waals surface area contributed by atoms with Crippen molar-refractivity contribution in [2.45, 2.75) is 192 Å². The van der Waals surface area contributed by atoms with Crippen molar-refractivity contribution in [3.63, 3.8) is 0 Å². The molecule has 17 nitrogen and oxygen atoms in total. The Morgan fingerprint density at radius 3 is 1.60 bits per heavy atom. The summed E-state index contributed by atoms with van der Waals surface area (Å²) >= 11 is 1.45. The maximum absolute atomic E-state index is 11.0. The summed E-state index contributed by atoms with van der Waals surface area (Å²) in [5.74, 6) is -1.11. The number of carbonyl (C=O) groups excluding carboxylic acids is 1. The summed E-state index contributed by atoms with van der Waals surface area (Å²) in [6, 6.07) is 0. The number of esters is 1. The molecule has 19 heteroatoms. The van der Waals surface area contributed by atoms with Crippen molar-refractivity contribution in [1.29, 1.82) is 0 Å². The molecule has 0 aromatic carbocycles. The number of aliphatic hydroxyl groups excluding tert-OH is 8. The van der Waals surface area contributed by atoms with Crippen LogP contribution in [0.1, 0.15) is 76.2 Å². The minimum Gasteiger partial charge on any atom is -0.470 e. The lowest BCUT2D eigenvalue weighted by Crippen LogP contribution is -2.56. The first kappa shape index (κ1) is 48.3. The Morgan fingerprint density at radius 1 is 0.577 bits per heavy atom. The lowest BCUT2D eigenvalue weighted by Gasteiger charge is -2.42. The van der Waals surface area contributed by atoms with E-state index in [1.165, 1.54) is 13.8 Å². The van der Waals surface area contributed by atoms with Gasteiger partial charge in [0.15, 0.2) is 24.5 Å². The fourth-order valence-corrected chi connectivity index (χ4v) is 7.77. The average molecular weight is 885 g/mol. The van der Waals surface area contributed by atoms with Crippen molar-refractivity contribution in [2.24, 2.45) is 11.8 Å². The van der Waals surface area contributed by atoms with E-state index in [-0.39, 0.29) is 54.6 Å². The van der Waals surface area contributed by atoms with Crippen molar-refractivity contribution >= 4 is 38.5 Å². The molecule has 5 heterocycles. The van der Waals surface area contributed by atoms with Crippen molar-refractivity contribution in [3.05, 3.63) is 0 Å². The molecule has 5 rings (SSSR count). The summed E-state index contributed by atoms with van der Waals surface area (Å²) in [6.07, 6.45) is -11.0. The van der Waals surface area contributed by atoms with Crippen LogP contribution >= 0.6 is 20.3 Å². The van der Waals surface area contributed by atoms with Crippen LogP contribution in [0.25, 0.3) is 0 Å². The SMILES string of the molecule is CC(=O)OC1[C@H]([O][AlH][I])OC(C)[C@H](C)[C@@H]1O.CC1OC(O)C(O)[C@@H](O)[C@H]1O.CC1O[C@@H](C)C(O)[C@@H](O)[C@H]1C.CC1O[C@@H](C)C2OC(C)(C)O[C@H]2[C@H]1O. The van der Waals surface area contributed by atoms with Gasteiger partial charge in [-0.3, -0.25) is 4.79 Å². The highest BCUT2D eigenvalue weighted by atomic mass is 127. The van der Waals surface area contributed by atoms with E-state index in [2.05, 4.69) is 25.0 Å². The molecule has 0 radical (unpaired) electrons. The third-order valence-corrected chi connectivity index (χ3v) is 11.5. The van der Waals surface area contributed by atoms with Crippen LogP contribution in [0.15, 0.2) is 0 Å². The second-order valence-corrected chi connectivity index (χ2v) is 17.0. The van der Waals surface area contributed by atoms with Gasteiger partial charge in [0.1, 0.15) is 48.8 Å². The molecule has 0 saturated carbocycles. The van der Waals surface area contributed by atoms with Crippen molar-refractivity contribution in [1.82, 2.24) is 0 Å². The van der Waals surface area contributed by atoms with E-state index >= 15 is 0 Å². The highest BCUT2D eigenvalue weighted by Crippen LogP contribution is 2.37. The Kier molecular flexibility index (Phi) is 19.5. The lowest BCUT2D eigenvalue weighted by atomic mass is 9.89. The first-order valence-electron chi connectivity index (χ1n) is 17.7. The first-order chi connectivity index (χ1) is 23.9. The molecule has 5 saturated heterocycles. The predicted molar refractivity (Wildman–Crippen MR) is 193 cm³/mol. The number of hydrogen-bond donors (Lipinski definition) is 8. The first-order valence-corrected chi connectivity index (χ1v) is 23.4. The summed E-state index contributed by atoms with van der Waals surface area (Å²) in [4.78, 5) is 11.0. The molecule has 0 aromatic heterocycles. The zero-order valence-corrected chi connectivity index (χ0v) is 35.5. The largest absolute Gasteiger partial charge is 0.527 e. The van der Waals surface area contributed by atoms with E-state index in [4.69, 9.17) is 52.6 Å². The summed E-state index contributed by atoms with van der Waals surface area (Å²) in [5, 5.41) is 74.7. The van der Waals surface area contributed by atoms with Gasteiger partial charge >= 0.3 is 18.2 Å². The van der Waals surface area contributed by atoms with Crippen LogP contribution in [0, 0.1) is 11.8 Å². The van der Waals surface area contributed by atoms with E-state index in [0.717, 1.165) is 0 Å².